The Labute approximate surface area is 94.8 Å². The Balaban J connectivity index is 4.05. The van der Waals surface area contributed by atoms with Gasteiger partial charge in [0.15, 0.2) is 0 Å². The first-order valence-corrected chi connectivity index (χ1v) is 5.29. The highest BCUT2D eigenvalue weighted by molar-refractivity contribution is 5.74. The SMILES string of the molecule is CC(C)C(NCCCC(=O)O)[C@H](N)C(=O)O. The highest BCUT2D eigenvalue weighted by Gasteiger charge is 2.26. The molecule has 0 aromatic carbocycles. The first kappa shape index (κ1) is 14.9. The van der Waals surface area contributed by atoms with E-state index in [0.29, 0.717) is 13.0 Å². The molecular weight excluding hydrogens is 212 g/mol. The molecule has 1 unspecified atom stereocenters. The third kappa shape index (κ3) is 5.67. The maximum atomic E-state index is 10.7. The van der Waals surface area contributed by atoms with Gasteiger partial charge in [-0.15, -0.1) is 0 Å². The zero-order chi connectivity index (χ0) is 12.7. The molecule has 0 saturated carbocycles. The van der Waals surface area contributed by atoms with Gasteiger partial charge in [-0.1, -0.05) is 13.8 Å². The van der Waals surface area contributed by atoms with Crippen molar-refractivity contribution in [3.05, 3.63) is 0 Å². The van der Waals surface area contributed by atoms with E-state index in [1.165, 1.54) is 0 Å². The van der Waals surface area contributed by atoms with Gasteiger partial charge in [0, 0.05) is 12.5 Å². The fraction of sp³-hybridized carbons (Fsp3) is 0.800. The maximum Gasteiger partial charge on any atom is 0.322 e. The monoisotopic (exact) mass is 232 g/mol. The van der Waals surface area contributed by atoms with Crippen LogP contribution in [0.5, 0.6) is 0 Å². The van der Waals surface area contributed by atoms with Crippen LogP contribution in [0.2, 0.25) is 0 Å². The van der Waals surface area contributed by atoms with E-state index in [2.05, 4.69) is 5.32 Å². The van der Waals surface area contributed by atoms with Gasteiger partial charge >= 0.3 is 11.9 Å². The van der Waals surface area contributed by atoms with Crippen LogP contribution in [-0.2, 0) is 9.59 Å². The van der Waals surface area contributed by atoms with Crippen molar-refractivity contribution in [1.82, 2.24) is 5.32 Å². The van der Waals surface area contributed by atoms with Crippen molar-refractivity contribution in [3.8, 4) is 0 Å². The molecule has 0 fully saturated rings. The van der Waals surface area contributed by atoms with E-state index < -0.39 is 18.0 Å². The summed E-state index contributed by atoms with van der Waals surface area (Å²) in [6.07, 6.45) is 0.533. The Hall–Kier alpha value is -1.14. The van der Waals surface area contributed by atoms with Crippen molar-refractivity contribution < 1.29 is 19.8 Å². The molecule has 0 bridgehead atoms. The van der Waals surface area contributed by atoms with Crippen molar-refractivity contribution in [3.63, 3.8) is 0 Å². The molecule has 94 valence electrons. The standard InChI is InChI=1S/C10H20N2O4/c1-6(2)9(8(11)10(15)16)12-5-3-4-7(13)14/h6,8-9,12H,3-5,11H2,1-2H3,(H,13,14)(H,15,16)/t8-,9?/m0/s1. The first-order chi connectivity index (χ1) is 7.36. The second kappa shape index (κ2) is 7.19. The highest BCUT2D eigenvalue weighted by atomic mass is 16.4. The number of hydrogen-bond donors (Lipinski definition) is 4. The minimum atomic E-state index is -1.05. The molecule has 0 heterocycles. The Morgan fingerprint density at radius 2 is 1.88 bits per heavy atom. The molecule has 0 aromatic rings. The van der Waals surface area contributed by atoms with Crippen molar-refractivity contribution in [2.75, 3.05) is 6.54 Å². The molecule has 0 aliphatic rings. The third-order valence-corrected chi connectivity index (χ3v) is 2.34. The number of aliphatic carboxylic acids is 2. The predicted octanol–water partition coefficient (Wildman–Crippen LogP) is -0.123. The van der Waals surface area contributed by atoms with E-state index >= 15 is 0 Å². The van der Waals surface area contributed by atoms with Crippen LogP contribution in [0.1, 0.15) is 26.7 Å². The van der Waals surface area contributed by atoms with Crippen molar-refractivity contribution >= 4 is 11.9 Å². The number of carboxylic acids is 2. The highest BCUT2D eigenvalue weighted by Crippen LogP contribution is 2.05. The summed E-state index contributed by atoms with van der Waals surface area (Å²) in [7, 11) is 0. The van der Waals surface area contributed by atoms with Crippen LogP contribution in [0.3, 0.4) is 0 Å². The molecule has 2 atom stereocenters. The molecule has 6 nitrogen and oxygen atoms in total. The van der Waals surface area contributed by atoms with E-state index in [1.807, 2.05) is 13.8 Å². The molecule has 5 N–H and O–H groups in total. The van der Waals surface area contributed by atoms with E-state index in [0.717, 1.165) is 0 Å². The maximum absolute atomic E-state index is 10.7. The van der Waals surface area contributed by atoms with Crippen LogP contribution in [0.15, 0.2) is 0 Å². The zero-order valence-electron chi connectivity index (χ0n) is 9.64. The van der Waals surface area contributed by atoms with Crippen molar-refractivity contribution in [2.45, 2.75) is 38.8 Å². The number of nitrogens with two attached hydrogens (primary N) is 1. The second-order valence-corrected chi connectivity index (χ2v) is 4.09. The summed E-state index contributed by atoms with van der Waals surface area (Å²) in [5, 5.41) is 20.2. The van der Waals surface area contributed by atoms with Crippen molar-refractivity contribution in [1.29, 1.82) is 0 Å². The average molecular weight is 232 g/mol. The van der Waals surface area contributed by atoms with Crippen LogP contribution < -0.4 is 11.1 Å². The van der Waals surface area contributed by atoms with Crippen LogP contribution in [0.4, 0.5) is 0 Å². The van der Waals surface area contributed by atoms with Crippen LogP contribution in [0, 0.1) is 5.92 Å². The van der Waals surface area contributed by atoms with Gasteiger partial charge in [-0.3, -0.25) is 9.59 Å². The number of carbonyl (C=O) groups is 2. The molecule has 0 spiro atoms. The van der Waals surface area contributed by atoms with Crippen LogP contribution in [0.25, 0.3) is 0 Å². The Kier molecular flexibility index (Phi) is 6.67. The smallest absolute Gasteiger partial charge is 0.322 e. The van der Waals surface area contributed by atoms with E-state index in [-0.39, 0.29) is 18.4 Å². The topological polar surface area (TPSA) is 113 Å². The largest absolute Gasteiger partial charge is 0.481 e. The number of carboxylic acid groups (broad SMARTS) is 2. The minimum absolute atomic E-state index is 0.0696. The lowest BCUT2D eigenvalue weighted by Crippen LogP contribution is -2.52. The molecule has 0 aliphatic heterocycles. The predicted molar refractivity (Wildman–Crippen MR) is 59.1 cm³/mol. The first-order valence-electron chi connectivity index (χ1n) is 5.29. The third-order valence-electron chi connectivity index (χ3n) is 2.34. The van der Waals surface area contributed by atoms with Gasteiger partial charge in [-0.2, -0.15) is 0 Å². The summed E-state index contributed by atoms with van der Waals surface area (Å²) in [5.41, 5.74) is 5.53. The number of hydrogen-bond acceptors (Lipinski definition) is 4. The molecule has 0 rings (SSSR count). The fourth-order valence-electron chi connectivity index (χ4n) is 1.44. The molecule has 6 heteroatoms. The zero-order valence-corrected chi connectivity index (χ0v) is 9.64. The van der Waals surface area contributed by atoms with Gasteiger partial charge in [0.1, 0.15) is 6.04 Å². The molecule has 0 saturated heterocycles. The van der Waals surface area contributed by atoms with Gasteiger partial charge in [-0.05, 0) is 18.9 Å². The summed E-state index contributed by atoms with van der Waals surface area (Å²) in [6.45, 7) is 4.20. The summed E-state index contributed by atoms with van der Waals surface area (Å²) in [4.78, 5) is 21.0. The Morgan fingerprint density at radius 1 is 1.31 bits per heavy atom. The van der Waals surface area contributed by atoms with E-state index in [4.69, 9.17) is 15.9 Å². The average Bonchev–Trinajstić information content (AvgIpc) is 2.15. The molecular formula is C10H20N2O4. The summed E-state index contributed by atoms with van der Waals surface area (Å²) in [5.74, 6) is -1.83. The fourth-order valence-corrected chi connectivity index (χ4v) is 1.44. The Morgan fingerprint density at radius 3 is 2.25 bits per heavy atom. The lowest BCUT2D eigenvalue weighted by molar-refractivity contribution is -0.140. The quantitative estimate of drug-likeness (QED) is 0.434. The Bertz CT molecular complexity index is 243. The molecule has 0 amide bonds. The van der Waals surface area contributed by atoms with E-state index in [9.17, 15) is 9.59 Å². The molecule has 16 heavy (non-hydrogen) atoms. The molecule has 0 aliphatic carbocycles. The van der Waals surface area contributed by atoms with Gasteiger partial charge in [0.05, 0.1) is 0 Å². The van der Waals surface area contributed by atoms with Gasteiger partial charge in [0.25, 0.3) is 0 Å². The molecule has 0 aromatic heterocycles. The minimum Gasteiger partial charge on any atom is -0.481 e. The molecule has 0 radical (unpaired) electrons. The van der Waals surface area contributed by atoms with Gasteiger partial charge in [0.2, 0.25) is 0 Å². The van der Waals surface area contributed by atoms with Gasteiger partial charge in [-0.25, -0.2) is 0 Å². The normalized spacial score (nSPS) is 14.8. The summed E-state index contributed by atoms with van der Waals surface area (Å²) < 4.78 is 0. The second-order valence-electron chi connectivity index (χ2n) is 4.09. The number of rotatable bonds is 8. The van der Waals surface area contributed by atoms with E-state index in [1.54, 1.807) is 0 Å². The van der Waals surface area contributed by atoms with Gasteiger partial charge < -0.3 is 21.3 Å². The lowest BCUT2D eigenvalue weighted by atomic mass is 9.97. The van der Waals surface area contributed by atoms with Crippen LogP contribution in [-0.4, -0.2) is 40.8 Å². The summed E-state index contributed by atoms with van der Waals surface area (Å²) >= 11 is 0. The van der Waals surface area contributed by atoms with Crippen LogP contribution >= 0.6 is 0 Å². The summed E-state index contributed by atoms with van der Waals surface area (Å²) in [6, 6.07) is -1.31. The lowest BCUT2D eigenvalue weighted by Gasteiger charge is -2.25. The number of nitrogens with one attached hydrogen (secondary N) is 1. The van der Waals surface area contributed by atoms with Crippen molar-refractivity contribution in [2.24, 2.45) is 11.7 Å².